The highest BCUT2D eigenvalue weighted by molar-refractivity contribution is 7.87. The molecule has 39 heavy (non-hydrogen) atoms. The van der Waals surface area contributed by atoms with Crippen LogP contribution in [0.3, 0.4) is 0 Å². The molecule has 4 aromatic carbocycles. The van der Waals surface area contributed by atoms with Crippen molar-refractivity contribution in [2.75, 3.05) is 9.96 Å². The number of halogens is 1. The standard InChI is InChI=1S/C29H21ClN2O6S/c30-19-15-17-20(18-16-19)31-28(33)25-26(32(37-27(25)29(31)34)21-9-3-1-4-10-21)23-13-7-8-14-24(23)38-39(35,36)22-11-5-2-6-12-22/h1-18,25-27H. The van der Waals surface area contributed by atoms with E-state index in [9.17, 15) is 18.0 Å². The number of hydrogen-bond acceptors (Lipinski definition) is 7. The van der Waals surface area contributed by atoms with Gasteiger partial charge in [0.15, 0.2) is 6.10 Å². The summed E-state index contributed by atoms with van der Waals surface area (Å²) >= 11 is 6.01. The van der Waals surface area contributed by atoms with E-state index in [1.807, 2.05) is 6.07 Å². The summed E-state index contributed by atoms with van der Waals surface area (Å²) in [7, 11) is -4.19. The Labute approximate surface area is 230 Å². The summed E-state index contributed by atoms with van der Waals surface area (Å²) in [5.74, 6) is -1.94. The summed E-state index contributed by atoms with van der Waals surface area (Å²) in [5, 5.41) is 1.95. The average molecular weight is 561 g/mol. The van der Waals surface area contributed by atoms with E-state index in [4.69, 9.17) is 20.6 Å². The summed E-state index contributed by atoms with van der Waals surface area (Å²) < 4.78 is 31.9. The van der Waals surface area contributed by atoms with Crippen LogP contribution >= 0.6 is 11.6 Å². The molecule has 8 nitrogen and oxygen atoms in total. The second-order valence-electron chi connectivity index (χ2n) is 9.03. The normalized spacial score (nSPS) is 20.8. The third-order valence-electron chi connectivity index (χ3n) is 6.68. The number of para-hydroxylation sites is 2. The Morgan fingerprint density at radius 1 is 0.718 bits per heavy atom. The lowest BCUT2D eigenvalue weighted by molar-refractivity contribution is -0.126. The molecule has 2 aliphatic heterocycles. The van der Waals surface area contributed by atoms with Crippen LogP contribution in [0.25, 0.3) is 0 Å². The molecular formula is C29H21ClN2O6S. The number of carbonyl (C=O) groups excluding carboxylic acids is 2. The SMILES string of the molecule is O=C1C2ON(c3ccccc3)C(c3ccccc3OS(=O)(=O)c3ccccc3)C2C(=O)N1c1ccc(Cl)cc1. The van der Waals surface area contributed by atoms with Crippen LogP contribution in [-0.2, 0) is 24.5 Å². The van der Waals surface area contributed by atoms with E-state index in [0.29, 0.717) is 22.0 Å². The molecule has 0 aliphatic carbocycles. The van der Waals surface area contributed by atoms with Gasteiger partial charge in [0.2, 0.25) is 5.91 Å². The van der Waals surface area contributed by atoms with Gasteiger partial charge in [-0.2, -0.15) is 8.42 Å². The van der Waals surface area contributed by atoms with Gasteiger partial charge in [-0.1, -0.05) is 66.2 Å². The van der Waals surface area contributed by atoms with Crippen molar-refractivity contribution in [3.8, 4) is 5.75 Å². The number of carbonyl (C=O) groups is 2. The van der Waals surface area contributed by atoms with Gasteiger partial charge in [0, 0.05) is 10.6 Å². The van der Waals surface area contributed by atoms with Crippen LogP contribution in [0.1, 0.15) is 11.6 Å². The second kappa shape index (κ2) is 9.85. The Morgan fingerprint density at radius 2 is 1.33 bits per heavy atom. The number of amides is 2. The molecule has 2 saturated heterocycles. The van der Waals surface area contributed by atoms with E-state index in [2.05, 4.69) is 0 Å². The first-order chi connectivity index (χ1) is 18.8. The Bertz CT molecular complexity index is 1650. The number of anilines is 2. The summed E-state index contributed by atoms with van der Waals surface area (Å²) in [6.07, 6.45) is -1.13. The van der Waals surface area contributed by atoms with Crippen molar-refractivity contribution in [1.82, 2.24) is 0 Å². The third kappa shape index (κ3) is 4.44. The first-order valence-electron chi connectivity index (χ1n) is 12.1. The van der Waals surface area contributed by atoms with Crippen LogP contribution in [0.4, 0.5) is 11.4 Å². The van der Waals surface area contributed by atoms with Gasteiger partial charge in [0.05, 0.1) is 17.4 Å². The minimum Gasteiger partial charge on any atom is -0.379 e. The van der Waals surface area contributed by atoms with Crippen LogP contribution < -0.4 is 14.1 Å². The lowest BCUT2D eigenvalue weighted by Gasteiger charge is -2.29. The highest BCUT2D eigenvalue weighted by Gasteiger charge is 2.60. The number of benzene rings is 4. The first-order valence-corrected chi connectivity index (χ1v) is 13.9. The average Bonchev–Trinajstić information content (AvgIpc) is 3.46. The maximum Gasteiger partial charge on any atom is 0.339 e. The van der Waals surface area contributed by atoms with Gasteiger partial charge >= 0.3 is 10.1 Å². The highest BCUT2D eigenvalue weighted by atomic mass is 35.5. The number of hydroxylamine groups is 1. The topological polar surface area (TPSA) is 93.2 Å². The van der Waals surface area contributed by atoms with E-state index >= 15 is 0 Å². The molecule has 0 radical (unpaired) electrons. The van der Waals surface area contributed by atoms with Crippen molar-refractivity contribution in [2.45, 2.75) is 17.0 Å². The van der Waals surface area contributed by atoms with Crippen molar-refractivity contribution in [3.05, 3.63) is 120 Å². The first kappa shape index (κ1) is 25.1. The predicted molar refractivity (Wildman–Crippen MR) is 145 cm³/mol. The molecule has 6 rings (SSSR count). The molecule has 0 N–H and O–H groups in total. The van der Waals surface area contributed by atoms with Crippen LogP contribution in [0.2, 0.25) is 5.02 Å². The van der Waals surface area contributed by atoms with Crippen molar-refractivity contribution >= 4 is 44.9 Å². The molecule has 0 bridgehead atoms. The molecule has 3 atom stereocenters. The van der Waals surface area contributed by atoms with Gasteiger partial charge in [0.1, 0.15) is 16.6 Å². The fourth-order valence-electron chi connectivity index (χ4n) is 4.93. The van der Waals surface area contributed by atoms with Crippen LogP contribution in [0.15, 0.2) is 114 Å². The summed E-state index contributed by atoms with van der Waals surface area (Å²) in [5.41, 5.74) is 1.34. The van der Waals surface area contributed by atoms with E-state index < -0.39 is 40.0 Å². The number of rotatable bonds is 6. The maximum atomic E-state index is 13.9. The molecule has 2 amide bonds. The van der Waals surface area contributed by atoms with E-state index in [1.54, 1.807) is 84.9 Å². The zero-order chi connectivity index (χ0) is 27.1. The fourth-order valence-corrected chi connectivity index (χ4v) is 6.03. The summed E-state index contributed by atoms with van der Waals surface area (Å²) in [6.45, 7) is 0. The molecule has 0 spiro atoms. The maximum absolute atomic E-state index is 13.9. The third-order valence-corrected chi connectivity index (χ3v) is 8.18. The Kier molecular flexibility index (Phi) is 6.34. The van der Waals surface area contributed by atoms with Gasteiger partial charge in [0.25, 0.3) is 5.91 Å². The minimum atomic E-state index is -4.19. The number of hydrogen-bond donors (Lipinski definition) is 0. The molecule has 2 heterocycles. The predicted octanol–water partition coefficient (Wildman–Crippen LogP) is 5.16. The second-order valence-corrected chi connectivity index (χ2v) is 11.0. The summed E-state index contributed by atoms with van der Waals surface area (Å²) in [4.78, 5) is 34.6. The summed E-state index contributed by atoms with van der Waals surface area (Å²) in [6, 6.07) is 28.8. The molecule has 4 aromatic rings. The number of fused-ring (bicyclic) bond motifs is 1. The van der Waals surface area contributed by atoms with Gasteiger partial charge < -0.3 is 4.18 Å². The van der Waals surface area contributed by atoms with Gasteiger partial charge in [-0.05, 0) is 54.6 Å². The molecule has 3 unspecified atom stereocenters. The van der Waals surface area contributed by atoms with Gasteiger partial charge in [-0.3, -0.25) is 14.4 Å². The molecule has 196 valence electrons. The number of nitrogens with zero attached hydrogens (tertiary/aromatic N) is 2. The van der Waals surface area contributed by atoms with E-state index in [0.717, 1.165) is 4.90 Å². The van der Waals surface area contributed by atoms with Crippen molar-refractivity contribution in [2.24, 2.45) is 5.92 Å². The smallest absolute Gasteiger partial charge is 0.339 e. The molecule has 2 aliphatic rings. The van der Waals surface area contributed by atoms with E-state index in [1.165, 1.54) is 23.3 Å². The minimum absolute atomic E-state index is 0.0127. The van der Waals surface area contributed by atoms with Gasteiger partial charge in [-0.15, -0.1) is 0 Å². The quantitative estimate of drug-likeness (QED) is 0.237. The lowest BCUT2D eigenvalue weighted by atomic mass is 9.90. The van der Waals surface area contributed by atoms with Crippen molar-refractivity contribution in [3.63, 3.8) is 0 Å². The number of imide groups is 1. The fraction of sp³-hybridized carbons (Fsp3) is 0.103. The van der Waals surface area contributed by atoms with Crippen LogP contribution in [0.5, 0.6) is 5.75 Å². The Hall–Kier alpha value is -4.18. The Balaban J connectivity index is 1.44. The van der Waals surface area contributed by atoms with Crippen molar-refractivity contribution in [1.29, 1.82) is 0 Å². The molecular weight excluding hydrogens is 540 g/mol. The largest absolute Gasteiger partial charge is 0.379 e. The van der Waals surface area contributed by atoms with Gasteiger partial charge in [-0.25, -0.2) is 9.96 Å². The highest BCUT2D eigenvalue weighted by Crippen LogP contribution is 2.49. The molecule has 0 aromatic heterocycles. The zero-order valence-corrected chi connectivity index (χ0v) is 21.8. The zero-order valence-electron chi connectivity index (χ0n) is 20.3. The lowest BCUT2D eigenvalue weighted by Crippen LogP contribution is -2.37. The Morgan fingerprint density at radius 3 is 2.03 bits per heavy atom. The molecule has 0 saturated carbocycles. The van der Waals surface area contributed by atoms with Crippen molar-refractivity contribution < 1.29 is 27.0 Å². The van der Waals surface area contributed by atoms with Crippen LogP contribution in [0, 0.1) is 5.92 Å². The monoisotopic (exact) mass is 560 g/mol. The molecule has 10 heteroatoms. The van der Waals surface area contributed by atoms with E-state index in [-0.39, 0.29) is 10.6 Å². The van der Waals surface area contributed by atoms with Crippen LogP contribution in [-0.4, -0.2) is 26.3 Å². The molecule has 2 fully saturated rings.